The molecule has 0 aromatic carbocycles. The van der Waals surface area contributed by atoms with Crippen molar-refractivity contribution in [3.8, 4) is 0 Å². The molecule has 0 fully saturated rings. The lowest BCUT2D eigenvalue weighted by Gasteiger charge is -2.15. The van der Waals surface area contributed by atoms with Gasteiger partial charge in [0.15, 0.2) is 0 Å². The van der Waals surface area contributed by atoms with Gasteiger partial charge in [0.2, 0.25) is 0 Å². The van der Waals surface area contributed by atoms with Gasteiger partial charge in [-0.05, 0) is 18.9 Å². The van der Waals surface area contributed by atoms with E-state index in [-0.39, 0.29) is 0 Å². The van der Waals surface area contributed by atoms with Gasteiger partial charge in [0, 0.05) is 0 Å². The Kier molecular flexibility index (Phi) is 10.4. The summed E-state index contributed by atoms with van der Waals surface area (Å²) in [6.07, 6.45) is 9.89. The molecule has 0 rings (SSSR count). The topological polar surface area (TPSA) is 12.0 Å². The second kappa shape index (κ2) is 10.3. The molecule has 1 nitrogen and oxygen atoms in total. The molecule has 2 heteroatoms. The van der Waals surface area contributed by atoms with E-state index in [1.807, 2.05) is 0 Å². The molecule has 0 saturated carbocycles. The van der Waals surface area contributed by atoms with Crippen molar-refractivity contribution in [1.82, 2.24) is 4.98 Å². The lowest BCUT2D eigenvalue weighted by molar-refractivity contribution is 0.399. The summed E-state index contributed by atoms with van der Waals surface area (Å²) in [5.41, 5.74) is 0. The molecular weight excluding hydrogens is 174 g/mol. The first-order valence-corrected chi connectivity index (χ1v) is 6.99. The van der Waals surface area contributed by atoms with E-state index < -0.39 is 0 Å². The Morgan fingerprint density at radius 2 is 1.77 bits per heavy atom. The first-order valence-electron chi connectivity index (χ1n) is 5.99. The van der Waals surface area contributed by atoms with Crippen LogP contribution >= 0.6 is 0 Å². The van der Waals surface area contributed by atoms with E-state index in [1.54, 1.807) is 0 Å². The maximum atomic E-state index is 3.39. The van der Waals surface area contributed by atoms with Crippen molar-refractivity contribution < 1.29 is 0 Å². The minimum atomic E-state index is 0.998. The fourth-order valence-corrected chi connectivity index (χ4v) is 2.16. The molecule has 0 aliphatic carbocycles. The summed E-state index contributed by atoms with van der Waals surface area (Å²) >= 11 is 0. The second-order valence-electron chi connectivity index (χ2n) is 4.04. The third kappa shape index (κ3) is 8.51. The molecule has 0 radical (unpaired) electrons. The van der Waals surface area contributed by atoms with Crippen LogP contribution in [-0.4, -0.2) is 16.9 Å². The lowest BCUT2D eigenvalue weighted by Crippen LogP contribution is -2.14. The Balaban J connectivity index is 3.41. The monoisotopic (exact) mass is 201 g/mol. The van der Waals surface area contributed by atoms with Crippen LogP contribution in [0.1, 0.15) is 58.8 Å². The number of hydrogen-bond donors (Lipinski definition) is 1. The Labute approximate surface area is 87.2 Å². The van der Waals surface area contributed by atoms with Crippen molar-refractivity contribution >= 4 is 10.4 Å². The van der Waals surface area contributed by atoms with E-state index in [0.717, 1.165) is 16.3 Å². The summed E-state index contributed by atoms with van der Waals surface area (Å²) in [4.78, 5) is 3.39. The molecule has 80 valence electrons. The Morgan fingerprint density at radius 3 is 2.31 bits per heavy atom. The van der Waals surface area contributed by atoms with Crippen LogP contribution in [0.2, 0.25) is 0 Å². The molecule has 0 amide bonds. The van der Waals surface area contributed by atoms with Crippen molar-refractivity contribution in [2.45, 2.75) is 58.8 Å². The Hall–Kier alpha value is 0.177. The van der Waals surface area contributed by atoms with E-state index >= 15 is 0 Å². The largest absolute Gasteiger partial charge is 0.345 e. The smallest absolute Gasteiger partial charge is 0.0749 e. The van der Waals surface area contributed by atoms with Gasteiger partial charge in [-0.15, -0.1) is 0 Å². The molecule has 0 bridgehead atoms. The van der Waals surface area contributed by atoms with Gasteiger partial charge in [0.25, 0.3) is 0 Å². The molecule has 1 atom stereocenters. The highest BCUT2D eigenvalue weighted by Gasteiger charge is 2.05. The van der Waals surface area contributed by atoms with Crippen LogP contribution < -0.4 is 4.98 Å². The van der Waals surface area contributed by atoms with Crippen LogP contribution in [0.15, 0.2) is 0 Å². The Morgan fingerprint density at radius 1 is 1.00 bits per heavy atom. The van der Waals surface area contributed by atoms with Crippen molar-refractivity contribution in [2.75, 3.05) is 6.54 Å². The fourth-order valence-electron chi connectivity index (χ4n) is 1.87. The summed E-state index contributed by atoms with van der Waals surface area (Å²) < 4.78 is 0. The summed E-state index contributed by atoms with van der Waals surface area (Å²) in [5.74, 6) is 0.998. The maximum absolute atomic E-state index is 3.39. The van der Waals surface area contributed by atoms with Gasteiger partial charge < -0.3 is 4.98 Å². The van der Waals surface area contributed by atoms with Crippen LogP contribution in [0.25, 0.3) is 0 Å². The average molecular weight is 201 g/mol. The number of hydrogen-bond acceptors (Lipinski definition) is 1. The van der Waals surface area contributed by atoms with Gasteiger partial charge in [-0.3, -0.25) is 0 Å². The Bertz CT molecular complexity index is 96.1. The van der Waals surface area contributed by atoms with E-state index in [1.165, 1.54) is 51.5 Å². The summed E-state index contributed by atoms with van der Waals surface area (Å²) in [7, 11) is 1.15. The van der Waals surface area contributed by atoms with Crippen LogP contribution in [0, 0.1) is 5.92 Å². The highest BCUT2D eigenvalue weighted by molar-refractivity contribution is 6.04. The molecule has 0 aliphatic rings. The van der Waals surface area contributed by atoms with Gasteiger partial charge in [-0.25, -0.2) is 0 Å². The van der Waals surface area contributed by atoms with Crippen LogP contribution in [-0.2, 0) is 0 Å². The van der Waals surface area contributed by atoms with Gasteiger partial charge in [0.1, 0.15) is 0 Å². The fraction of sp³-hybridized carbons (Fsp3) is 1.00. The van der Waals surface area contributed by atoms with Crippen LogP contribution in [0.4, 0.5) is 0 Å². The molecule has 1 unspecified atom stereocenters. The predicted molar refractivity (Wildman–Crippen MR) is 65.1 cm³/mol. The summed E-state index contributed by atoms with van der Waals surface area (Å²) in [5, 5.41) is 0. The SMILES string of the molecule is CCCCCC(CCC)CCN[SiH3]. The molecule has 0 aromatic heterocycles. The van der Waals surface area contributed by atoms with Gasteiger partial charge in [0.05, 0.1) is 10.4 Å². The van der Waals surface area contributed by atoms with Crippen molar-refractivity contribution in [1.29, 1.82) is 0 Å². The van der Waals surface area contributed by atoms with E-state index in [4.69, 9.17) is 0 Å². The number of nitrogens with one attached hydrogen (secondary N) is 1. The van der Waals surface area contributed by atoms with Gasteiger partial charge in [-0.1, -0.05) is 52.4 Å². The zero-order valence-electron chi connectivity index (χ0n) is 9.73. The van der Waals surface area contributed by atoms with Crippen molar-refractivity contribution in [3.63, 3.8) is 0 Å². The van der Waals surface area contributed by atoms with Crippen molar-refractivity contribution in [3.05, 3.63) is 0 Å². The molecule has 1 N–H and O–H groups in total. The first-order chi connectivity index (χ1) is 6.35. The molecule has 0 spiro atoms. The molecule has 0 heterocycles. The maximum Gasteiger partial charge on any atom is 0.0749 e. The predicted octanol–water partition coefficient (Wildman–Crippen LogP) is 2.24. The normalized spacial score (nSPS) is 13.4. The highest BCUT2D eigenvalue weighted by Crippen LogP contribution is 2.18. The van der Waals surface area contributed by atoms with E-state index in [2.05, 4.69) is 18.8 Å². The zero-order valence-corrected chi connectivity index (χ0v) is 11.7. The van der Waals surface area contributed by atoms with E-state index in [0.29, 0.717) is 0 Å². The quantitative estimate of drug-likeness (QED) is 0.446. The third-order valence-electron chi connectivity index (χ3n) is 2.72. The molecule has 0 aromatic rings. The standard InChI is InChI=1S/C11H27NSi/c1-3-5-6-8-11(7-4-2)9-10-12-13/h11-12H,3-10H2,1-2,13H3. The van der Waals surface area contributed by atoms with E-state index in [9.17, 15) is 0 Å². The summed E-state index contributed by atoms with van der Waals surface area (Å²) in [6.45, 7) is 5.85. The van der Waals surface area contributed by atoms with Gasteiger partial charge >= 0.3 is 0 Å². The average Bonchev–Trinajstić information content (AvgIpc) is 2.14. The molecule has 13 heavy (non-hydrogen) atoms. The third-order valence-corrected chi connectivity index (χ3v) is 3.22. The zero-order chi connectivity index (χ0) is 9.94. The minimum absolute atomic E-state index is 0.998. The lowest BCUT2D eigenvalue weighted by atomic mass is 9.93. The second-order valence-corrected chi connectivity index (χ2v) is 4.75. The first kappa shape index (κ1) is 13.2. The van der Waals surface area contributed by atoms with Crippen molar-refractivity contribution in [2.24, 2.45) is 5.92 Å². The highest BCUT2D eigenvalue weighted by atomic mass is 28.2. The number of rotatable bonds is 9. The molecule has 0 aliphatic heterocycles. The number of unbranched alkanes of at least 4 members (excludes halogenated alkanes) is 2. The van der Waals surface area contributed by atoms with Crippen LogP contribution in [0.5, 0.6) is 0 Å². The van der Waals surface area contributed by atoms with Gasteiger partial charge in [-0.2, -0.15) is 0 Å². The minimum Gasteiger partial charge on any atom is -0.345 e. The molecular formula is C11H27NSi. The van der Waals surface area contributed by atoms with Crippen LogP contribution in [0.3, 0.4) is 0 Å². The summed E-state index contributed by atoms with van der Waals surface area (Å²) in [6, 6.07) is 0. The molecule has 0 saturated heterocycles.